The maximum absolute atomic E-state index is 10.9. The fourth-order valence-electron chi connectivity index (χ4n) is 1.02. The van der Waals surface area contributed by atoms with Crippen molar-refractivity contribution in [2.75, 3.05) is 18.1 Å². The number of ether oxygens (including phenoxy) is 1. The van der Waals surface area contributed by atoms with Crippen molar-refractivity contribution in [2.45, 2.75) is 0 Å². The third-order valence-corrected chi connectivity index (χ3v) is 2.08. The zero-order chi connectivity index (χ0) is 10.8. The minimum absolute atomic E-state index is 0.109. The molecular weight excluding hydrogens is 206 g/mol. The van der Waals surface area contributed by atoms with Crippen molar-refractivity contribution in [3.63, 3.8) is 0 Å². The fourth-order valence-corrected chi connectivity index (χ4v) is 1.58. The lowest BCUT2D eigenvalue weighted by Gasteiger charge is -2.10. The van der Waals surface area contributed by atoms with Crippen LogP contribution in [0.2, 0.25) is 0 Å². The highest BCUT2D eigenvalue weighted by atomic mass is 32.2. The van der Waals surface area contributed by atoms with Gasteiger partial charge in [-0.2, -0.15) is 0 Å². The first kappa shape index (κ1) is 10.6. The van der Waals surface area contributed by atoms with Gasteiger partial charge in [-0.05, 0) is 12.1 Å². The Balaban J connectivity index is 3.15. The van der Waals surface area contributed by atoms with Gasteiger partial charge in [-0.15, -0.1) is 0 Å². The summed E-state index contributed by atoms with van der Waals surface area (Å²) in [6.07, 6.45) is 1.02. The van der Waals surface area contributed by atoms with Gasteiger partial charge >= 0.3 is 0 Å². The second kappa shape index (κ2) is 3.75. The highest BCUT2D eigenvalue weighted by Crippen LogP contribution is 2.33. The van der Waals surface area contributed by atoms with Crippen molar-refractivity contribution in [1.29, 1.82) is 0 Å². The number of nitrogens with one attached hydrogen (secondary N) is 1. The van der Waals surface area contributed by atoms with Gasteiger partial charge < -0.3 is 9.84 Å². The third-order valence-electron chi connectivity index (χ3n) is 1.49. The van der Waals surface area contributed by atoms with Crippen molar-refractivity contribution in [2.24, 2.45) is 0 Å². The van der Waals surface area contributed by atoms with E-state index in [1.807, 2.05) is 0 Å². The minimum Gasteiger partial charge on any atom is -0.504 e. The molecule has 0 aromatic heterocycles. The molecule has 78 valence electrons. The van der Waals surface area contributed by atoms with Gasteiger partial charge in [-0.3, -0.25) is 4.72 Å². The summed E-state index contributed by atoms with van der Waals surface area (Å²) < 4.78 is 28.9. The van der Waals surface area contributed by atoms with Crippen LogP contribution >= 0.6 is 0 Å². The predicted molar refractivity (Wildman–Crippen MR) is 53.1 cm³/mol. The van der Waals surface area contributed by atoms with Crippen molar-refractivity contribution in [1.82, 2.24) is 0 Å². The van der Waals surface area contributed by atoms with E-state index in [1.54, 1.807) is 0 Å². The molecule has 0 aliphatic heterocycles. The van der Waals surface area contributed by atoms with Gasteiger partial charge in [0.25, 0.3) is 0 Å². The molecule has 0 unspecified atom stereocenters. The van der Waals surface area contributed by atoms with Crippen LogP contribution in [-0.2, 0) is 10.0 Å². The molecule has 0 saturated heterocycles. The highest BCUT2D eigenvalue weighted by Gasteiger charge is 2.10. The van der Waals surface area contributed by atoms with E-state index in [1.165, 1.54) is 25.3 Å². The van der Waals surface area contributed by atoms with Gasteiger partial charge in [-0.25, -0.2) is 8.42 Å². The summed E-state index contributed by atoms with van der Waals surface area (Å²) in [5, 5.41) is 9.33. The van der Waals surface area contributed by atoms with Crippen molar-refractivity contribution in [3.8, 4) is 11.5 Å². The van der Waals surface area contributed by atoms with Crippen LogP contribution in [0.5, 0.6) is 11.5 Å². The maximum atomic E-state index is 10.9. The van der Waals surface area contributed by atoms with Gasteiger partial charge in [0, 0.05) is 0 Å². The van der Waals surface area contributed by atoms with Crippen molar-refractivity contribution >= 4 is 15.7 Å². The van der Waals surface area contributed by atoms with Gasteiger partial charge in [-0.1, -0.05) is 6.07 Å². The summed E-state index contributed by atoms with van der Waals surface area (Å²) in [6.45, 7) is 0. The monoisotopic (exact) mass is 217 g/mol. The number of anilines is 1. The Morgan fingerprint density at radius 3 is 2.57 bits per heavy atom. The molecule has 0 aliphatic rings. The number of benzene rings is 1. The molecule has 0 heterocycles. The molecule has 0 aliphatic carbocycles. The normalized spacial score (nSPS) is 11.0. The average molecular weight is 217 g/mol. The van der Waals surface area contributed by atoms with Crippen molar-refractivity contribution < 1.29 is 18.3 Å². The van der Waals surface area contributed by atoms with Gasteiger partial charge in [0.2, 0.25) is 10.0 Å². The highest BCUT2D eigenvalue weighted by molar-refractivity contribution is 7.92. The standard InChI is InChI=1S/C8H11NO4S/c1-13-8-6(9-14(2,11)12)4-3-5-7(8)10/h3-5,9-10H,1-2H3. The second-order valence-corrected chi connectivity index (χ2v) is 4.48. The number of rotatable bonds is 3. The molecule has 0 bridgehead atoms. The molecule has 5 nitrogen and oxygen atoms in total. The molecule has 0 radical (unpaired) electrons. The first-order chi connectivity index (χ1) is 6.44. The Morgan fingerprint density at radius 1 is 1.43 bits per heavy atom. The molecule has 6 heteroatoms. The fraction of sp³-hybridized carbons (Fsp3) is 0.250. The number of aromatic hydroxyl groups is 1. The molecule has 1 rings (SSSR count). The van der Waals surface area contributed by atoms with Crippen LogP contribution < -0.4 is 9.46 Å². The van der Waals surface area contributed by atoms with Gasteiger partial charge in [0.05, 0.1) is 19.1 Å². The average Bonchev–Trinajstić information content (AvgIpc) is 2.01. The van der Waals surface area contributed by atoms with Crippen LogP contribution in [0.25, 0.3) is 0 Å². The maximum Gasteiger partial charge on any atom is 0.229 e. The second-order valence-electron chi connectivity index (χ2n) is 2.73. The number of methoxy groups -OCH3 is 1. The molecule has 1 aromatic rings. The molecule has 0 atom stereocenters. The molecule has 0 fully saturated rings. The Hall–Kier alpha value is -1.43. The van der Waals surface area contributed by atoms with Crippen molar-refractivity contribution in [3.05, 3.63) is 18.2 Å². The molecule has 1 aromatic carbocycles. The van der Waals surface area contributed by atoms with E-state index in [0.29, 0.717) is 0 Å². The molecule has 0 saturated carbocycles. The SMILES string of the molecule is COc1c(O)cccc1NS(C)(=O)=O. The van der Waals surface area contributed by atoms with E-state index in [0.717, 1.165) is 6.26 Å². The lowest BCUT2D eigenvalue weighted by molar-refractivity contribution is 0.375. The minimum atomic E-state index is -3.37. The summed E-state index contributed by atoms with van der Waals surface area (Å²) in [6, 6.07) is 4.43. The first-order valence-corrected chi connectivity index (χ1v) is 5.67. The summed E-state index contributed by atoms with van der Waals surface area (Å²) in [4.78, 5) is 0. The Bertz CT molecular complexity index is 427. The lowest BCUT2D eigenvalue weighted by Crippen LogP contribution is -2.10. The van der Waals surface area contributed by atoms with E-state index in [-0.39, 0.29) is 17.2 Å². The Labute approximate surface area is 82.4 Å². The number of phenols is 1. The molecule has 14 heavy (non-hydrogen) atoms. The Morgan fingerprint density at radius 2 is 2.07 bits per heavy atom. The van der Waals surface area contributed by atoms with Crippen LogP contribution in [-0.4, -0.2) is 26.9 Å². The summed E-state index contributed by atoms with van der Waals surface area (Å²) in [7, 11) is -2.02. The number of hydrogen-bond donors (Lipinski definition) is 2. The number of sulfonamides is 1. The zero-order valence-corrected chi connectivity index (χ0v) is 8.63. The Kier molecular flexibility index (Phi) is 2.85. The van der Waals surface area contributed by atoms with E-state index in [4.69, 9.17) is 4.74 Å². The van der Waals surface area contributed by atoms with E-state index < -0.39 is 10.0 Å². The first-order valence-electron chi connectivity index (χ1n) is 3.78. The van der Waals surface area contributed by atoms with E-state index in [9.17, 15) is 13.5 Å². The van der Waals surface area contributed by atoms with Crippen LogP contribution in [0.1, 0.15) is 0 Å². The third kappa shape index (κ3) is 2.53. The lowest BCUT2D eigenvalue weighted by atomic mass is 10.3. The smallest absolute Gasteiger partial charge is 0.229 e. The van der Waals surface area contributed by atoms with Crippen LogP contribution in [0, 0.1) is 0 Å². The number of para-hydroxylation sites is 1. The van der Waals surface area contributed by atoms with Crippen LogP contribution in [0.4, 0.5) is 5.69 Å². The van der Waals surface area contributed by atoms with E-state index in [2.05, 4.69) is 4.72 Å². The van der Waals surface area contributed by atoms with E-state index >= 15 is 0 Å². The van der Waals surface area contributed by atoms with Gasteiger partial charge in [0.15, 0.2) is 11.5 Å². The molecular formula is C8H11NO4S. The predicted octanol–water partition coefficient (Wildman–Crippen LogP) is 0.772. The van der Waals surface area contributed by atoms with Crippen LogP contribution in [0.15, 0.2) is 18.2 Å². The molecule has 2 N–H and O–H groups in total. The topological polar surface area (TPSA) is 75.6 Å². The number of hydrogen-bond acceptors (Lipinski definition) is 4. The summed E-state index contributed by atoms with van der Waals surface area (Å²) >= 11 is 0. The number of phenolic OH excluding ortho intramolecular Hbond substituents is 1. The summed E-state index contributed by atoms with van der Waals surface area (Å²) in [5.74, 6) is -0.000856. The zero-order valence-electron chi connectivity index (χ0n) is 7.81. The largest absolute Gasteiger partial charge is 0.504 e. The van der Waals surface area contributed by atoms with Gasteiger partial charge in [0.1, 0.15) is 0 Å². The quantitative estimate of drug-likeness (QED) is 0.784. The molecule has 0 amide bonds. The summed E-state index contributed by atoms with van der Waals surface area (Å²) in [5.41, 5.74) is 0.218. The van der Waals surface area contributed by atoms with Crippen LogP contribution in [0.3, 0.4) is 0 Å². The molecule has 0 spiro atoms.